The van der Waals surface area contributed by atoms with Crippen molar-refractivity contribution in [3.8, 4) is 0 Å². The van der Waals surface area contributed by atoms with Crippen molar-refractivity contribution < 1.29 is 4.79 Å². The second-order valence-electron chi connectivity index (χ2n) is 6.78. The maximum atomic E-state index is 12.6. The van der Waals surface area contributed by atoms with E-state index in [-0.39, 0.29) is 11.5 Å². The maximum Gasteiger partial charge on any atom is 0.266 e. The molecule has 2 fully saturated rings. The van der Waals surface area contributed by atoms with Crippen molar-refractivity contribution in [3.05, 3.63) is 22.6 Å². The van der Waals surface area contributed by atoms with E-state index in [9.17, 15) is 9.59 Å². The highest BCUT2D eigenvalue weighted by Gasteiger charge is 2.26. The molecule has 0 bridgehead atoms. The zero-order chi connectivity index (χ0) is 16.9. The Balaban J connectivity index is 1.54. The van der Waals surface area contributed by atoms with Crippen LogP contribution >= 0.6 is 0 Å². The summed E-state index contributed by atoms with van der Waals surface area (Å²) in [4.78, 5) is 30.6. The molecule has 1 atom stereocenters. The molecule has 132 valence electrons. The van der Waals surface area contributed by atoms with E-state index in [2.05, 4.69) is 26.9 Å². The number of likely N-dealkylation sites (N-methyl/N-ethyl adjacent to an activating group) is 1. The largest absolute Gasteiger partial charge is 0.370 e. The van der Waals surface area contributed by atoms with Gasteiger partial charge >= 0.3 is 0 Å². The minimum absolute atomic E-state index is 0.181. The fourth-order valence-corrected chi connectivity index (χ4v) is 3.69. The Morgan fingerprint density at radius 3 is 2.79 bits per heavy atom. The van der Waals surface area contributed by atoms with Gasteiger partial charge in [0, 0.05) is 51.8 Å². The molecule has 0 radical (unpaired) electrons. The van der Waals surface area contributed by atoms with Crippen LogP contribution in [0.3, 0.4) is 0 Å². The molecule has 1 amide bonds. The highest BCUT2D eigenvalue weighted by molar-refractivity contribution is 5.76. The first kappa shape index (κ1) is 17.0. The number of rotatable bonds is 4. The highest BCUT2D eigenvalue weighted by atomic mass is 16.2. The Morgan fingerprint density at radius 2 is 2.08 bits per heavy atom. The number of aromatic amines is 1. The van der Waals surface area contributed by atoms with Gasteiger partial charge in [-0.1, -0.05) is 6.92 Å². The number of piperidine rings is 1. The third kappa shape index (κ3) is 4.14. The molecule has 2 aliphatic rings. The van der Waals surface area contributed by atoms with Gasteiger partial charge in [-0.25, -0.2) is 5.10 Å². The quantitative estimate of drug-likeness (QED) is 0.871. The number of nitrogens with zero attached hydrogens (tertiary/aromatic N) is 4. The summed E-state index contributed by atoms with van der Waals surface area (Å²) in [5.74, 6) is 0.636. The molecule has 0 aliphatic carbocycles. The molecule has 1 aromatic rings. The van der Waals surface area contributed by atoms with E-state index in [4.69, 9.17) is 0 Å². The summed E-state index contributed by atoms with van der Waals surface area (Å²) in [5, 5.41) is 6.28. The first-order chi connectivity index (χ1) is 11.7. The zero-order valence-corrected chi connectivity index (χ0v) is 14.4. The maximum absolute atomic E-state index is 12.6. The number of hydrogen-bond donors (Lipinski definition) is 1. The molecule has 7 nitrogen and oxygen atoms in total. The summed E-state index contributed by atoms with van der Waals surface area (Å²) in [5.41, 5.74) is 0.673. The highest BCUT2D eigenvalue weighted by Crippen LogP contribution is 2.24. The summed E-state index contributed by atoms with van der Waals surface area (Å²) >= 11 is 0. The number of hydrogen-bond acceptors (Lipinski definition) is 5. The van der Waals surface area contributed by atoms with Gasteiger partial charge in [-0.3, -0.25) is 9.59 Å². The van der Waals surface area contributed by atoms with Gasteiger partial charge in [0.15, 0.2) is 0 Å². The van der Waals surface area contributed by atoms with E-state index < -0.39 is 0 Å². The van der Waals surface area contributed by atoms with Crippen LogP contribution in [0.15, 0.2) is 17.1 Å². The minimum Gasteiger partial charge on any atom is -0.370 e. The van der Waals surface area contributed by atoms with Crippen LogP contribution in [0.1, 0.15) is 26.2 Å². The molecular weight excluding hydrogens is 306 g/mol. The van der Waals surface area contributed by atoms with Crippen LogP contribution in [0.4, 0.5) is 5.69 Å². The van der Waals surface area contributed by atoms with Gasteiger partial charge in [-0.05, 0) is 25.3 Å². The van der Waals surface area contributed by atoms with E-state index in [1.54, 1.807) is 12.3 Å². The second kappa shape index (κ2) is 7.79. The lowest BCUT2D eigenvalue weighted by atomic mass is 9.94. The fraction of sp³-hybridized carbons (Fsp3) is 0.706. The molecule has 1 N–H and O–H groups in total. The first-order valence-electron chi connectivity index (χ1n) is 8.95. The average molecular weight is 333 g/mol. The minimum atomic E-state index is -0.181. The van der Waals surface area contributed by atoms with Gasteiger partial charge in [0.05, 0.1) is 11.9 Å². The number of amides is 1. The Bertz CT molecular complexity index is 609. The van der Waals surface area contributed by atoms with E-state index in [0.29, 0.717) is 12.3 Å². The lowest BCUT2D eigenvalue weighted by molar-refractivity contribution is -0.134. The zero-order valence-electron chi connectivity index (χ0n) is 14.4. The van der Waals surface area contributed by atoms with Crippen molar-refractivity contribution in [2.75, 3.05) is 50.7 Å². The Kier molecular flexibility index (Phi) is 5.50. The summed E-state index contributed by atoms with van der Waals surface area (Å²) in [6.07, 6.45) is 4.43. The van der Waals surface area contributed by atoms with Crippen LogP contribution in [-0.4, -0.2) is 71.7 Å². The Labute approximate surface area is 142 Å². The van der Waals surface area contributed by atoms with Gasteiger partial charge in [0.2, 0.25) is 5.91 Å². The fourth-order valence-electron chi connectivity index (χ4n) is 3.69. The van der Waals surface area contributed by atoms with Gasteiger partial charge in [0.1, 0.15) is 0 Å². The number of anilines is 1. The number of piperazine rings is 1. The molecule has 0 saturated carbocycles. The van der Waals surface area contributed by atoms with Crippen LogP contribution in [0, 0.1) is 5.92 Å². The number of carbonyl (C=O) groups is 1. The molecule has 24 heavy (non-hydrogen) atoms. The van der Waals surface area contributed by atoms with Gasteiger partial charge < -0.3 is 14.7 Å². The lowest BCUT2D eigenvalue weighted by Gasteiger charge is -2.37. The van der Waals surface area contributed by atoms with Crippen molar-refractivity contribution in [1.29, 1.82) is 0 Å². The standard InChI is InChI=1S/C17H27N5O2/c1-2-20-6-8-21(9-7-20)17(24)10-14-4-3-5-22(13-14)15-11-16(23)19-18-12-15/h11-12,14H,2-10,13H2,1H3,(H,19,23). The van der Waals surface area contributed by atoms with Gasteiger partial charge in [-0.15, -0.1) is 0 Å². The van der Waals surface area contributed by atoms with Crippen molar-refractivity contribution in [3.63, 3.8) is 0 Å². The summed E-state index contributed by atoms with van der Waals surface area (Å²) in [6.45, 7) is 8.63. The van der Waals surface area contributed by atoms with E-state index in [0.717, 1.165) is 64.3 Å². The van der Waals surface area contributed by atoms with Gasteiger partial charge in [-0.2, -0.15) is 5.10 Å². The van der Waals surface area contributed by atoms with Crippen molar-refractivity contribution in [2.24, 2.45) is 5.92 Å². The molecular formula is C17H27N5O2. The normalized spacial score (nSPS) is 22.6. The Morgan fingerprint density at radius 1 is 1.29 bits per heavy atom. The van der Waals surface area contributed by atoms with Crippen LogP contribution in [0.25, 0.3) is 0 Å². The molecule has 7 heteroatoms. The molecule has 3 heterocycles. The third-order valence-corrected chi connectivity index (χ3v) is 5.17. The van der Waals surface area contributed by atoms with E-state index in [1.807, 2.05) is 4.90 Å². The lowest BCUT2D eigenvalue weighted by Crippen LogP contribution is -2.49. The van der Waals surface area contributed by atoms with E-state index >= 15 is 0 Å². The molecule has 0 aromatic carbocycles. The molecule has 0 spiro atoms. The number of aromatic nitrogens is 2. The molecule has 2 saturated heterocycles. The van der Waals surface area contributed by atoms with Crippen molar-refractivity contribution >= 4 is 11.6 Å². The van der Waals surface area contributed by atoms with Crippen molar-refractivity contribution in [1.82, 2.24) is 20.0 Å². The van der Waals surface area contributed by atoms with Gasteiger partial charge in [0.25, 0.3) is 5.56 Å². The van der Waals surface area contributed by atoms with E-state index in [1.165, 1.54) is 0 Å². The second-order valence-corrected chi connectivity index (χ2v) is 6.78. The Hall–Kier alpha value is -1.89. The van der Waals surface area contributed by atoms with Crippen LogP contribution in [-0.2, 0) is 4.79 Å². The predicted molar refractivity (Wildman–Crippen MR) is 93.1 cm³/mol. The molecule has 3 rings (SSSR count). The third-order valence-electron chi connectivity index (χ3n) is 5.17. The SMILES string of the molecule is CCN1CCN(C(=O)CC2CCCN(c3cn[nH]c(=O)c3)C2)CC1. The van der Waals surface area contributed by atoms with Crippen LogP contribution < -0.4 is 10.5 Å². The number of H-pyrrole nitrogens is 1. The monoisotopic (exact) mass is 333 g/mol. The molecule has 1 unspecified atom stereocenters. The first-order valence-corrected chi connectivity index (χ1v) is 8.95. The smallest absolute Gasteiger partial charge is 0.266 e. The summed E-state index contributed by atoms with van der Waals surface area (Å²) in [6, 6.07) is 1.58. The van der Waals surface area contributed by atoms with Crippen LogP contribution in [0.5, 0.6) is 0 Å². The summed E-state index contributed by atoms with van der Waals surface area (Å²) < 4.78 is 0. The number of nitrogens with one attached hydrogen (secondary N) is 1. The molecule has 1 aromatic heterocycles. The summed E-state index contributed by atoms with van der Waals surface area (Å²) in [7, 11) is 0. The number of carbonyl (C=O) groups excluding carboxylic acids is 1. The van der Waals surface area contributed by atoms with Crippen molar-refractivity contribution in [2.45, 2.75) is 26.2 Å². The average Bonchev–Trinajstić information content (AvgIpc) is 2.62. The molecule has 2 aliphatic heterocycles. The topological polar surface area (TPSA) is 72.5 Å². The predicted octanol–water partition coefficient (Wildman–Crippen LogP) is 0.541. The van der Waals surface area contributed by atoms with Crippen LogP contribution in [0.2, 0.25) is 0 Å².